The van der Waals surface area contributed by atoms with Crippen LogP contribution in [0.1, 0.15) is 37.7 Å². The summed E-state index contributed by atoms with van der Waals surface area (Å²) in [5.74, 6) is 0. The first kappa shape index (κ1) is 14.5. The second-order valence-electron chi connectivity index (χ2n) is 5.98. The fraction of sp³-hybridized carbons (Fsp3) is 0.500. The fourth-order valence-corrected chi connectivity index (χ4v) is 3.48. The maximum atomic E-state index is 9.40. The van der Waals surface area contributed by atoms with Crippen molar-refractivity contribution < 1.29 is 5.11 Å². The van der Waals surface area contributed by atoms with E-state index in [1.165, 1.54) is 43.1 Å². The second-order valence-corrected chi connectivity index (χ2v) is 5.98. The van der Waals surface area contributed by atoms with Crippen LogP contribution >= 0.6 is 0 Å². The smallest absolute Gasteiger partial charge is 0.0746 e. The molecular weight excluding hydrogens is 260 g/mol. The molecule has 0 radical (unpaired) electrons. The Morgan fingerprint density at radius 3 is 2.71 bits per heavy atom. The van der Waals surface area contributed by atoms with Crippen molar-refractivity contribution in [2.45, 2.75) is 44.7 Å². The molecule has 1 aromatic carbocycles. The Kier molecular flexibility index (Phi) is 4.84. The van der Waals surface area contributed by atoms with Crippen LogP contribution in [0.3, 0.4) is 0 Å². The summed E-state index contributed by atoms with van der Waals surface area (Å²) < 4.78 is 0. The number of aliphatic hydroxyl groups excluding tert-OH is 1. The summed E-state index contributed by atoms with van der Waals surface area (Å²) in [6.45, 7) is 1.88. The first-order valence-electron chi connectivity index (χ1n) is 8.06. The Balaban J connectivity index is 1.83. The van der Waals surface area contributed by atoms with Crippen molar-refractivity contribution in [1.82, 2.24) is 9.88 Å². The minimum atomic E-state index is 0.231. The predicted molar refractivity (Wildman–Crippen MR) is 86.1 cm³/mol. The van der Waals surface area contributed by atoms with Gasteiger partial charge < -0.3 is 5.11 Å². The van der Waals surface area contributed by atoms with Gasteiger partial charge in [-0.05, 0) is 24.5 Å². The van der Waals surface area contributed by atoms with E-state index in [2.05, 4.69) is 34.1 Å². The van der Waals surface area contributed by atoms with Gasteiger partial charge in [-0.25, -0.2) is 0 Å². The van der Waals surface area contributed by atoms with Gasteiger partial charge in [-0.2, -0.15) is 0 Å². The van der Waals surface area contributed by atoms with Crippen LogP contribution in [0.5, 0.6) is 0 Å². The van der Waals surface area contributed by atoms with Gasteiger partial charge in [-0.1, -0.05) is 43.5 Å². The maximum Gasteiger partial charge on any atom is 0.0746 e. The van der Waals surface area contributed by atoms with E-state index < -0.39 is 0 Å². The molecule has 1 fully saturated rings. The molecule has 0 spiro atoms. The van der Waals surface area contributed by atoms with Crippen LogP contribution in [0.2, 0.25) is 0 Å². The Bertz CT molecular complexity index is 573. The average Bonchev–Trinajstić information content (AvgIpc) is 2.55. The van der Waals surface area contributed by atoms with Gasteiger partial charge >= 0.3 is 0 Å². The summed E-state index contributed by atoms with van der Waals surface area (Å²) in [6, 6.07) is 11.1. The lowest BCUT2D eigenvalue weighted by Crippen LogP contribution is -2.38. The number of nitrogens with zero attached hydrogens (tertiary/aromatic N) is 2. The average molecular weight is 284 g/mol. The third-order valence-corrected chi connectivity index (χ3v) is 4.57. The molecule has 3 rings (SSSR count). The lowest BCUT2D eigenvalue weighted by atomic mass is 9.93. The van der Waals surface area contributed by atoms with Gasteiger partial charge in [0.2, 0.25) is 0 Å². The third-order valence-electron chi connectivity index (χ3n) is 4.57. The van der Waals surface area contributed by atoms with Crippen LogP contribution in [0.25, 0.3) is 10.9 Å². The molecular formula is C18H24N2O. The van der Waals surface area contributed by atoms with E-state index in [0.717, 1.165) is 18.6 Å². The van der Waals surface area contributed by atoms with E-state index in [-0.39, 0.29) is 6.61 Å². The van der Waals surface area contributed by atoms with E-state index in [0.29, 0.717) is 6.04 Å². The van der Waals surface area contributed by atoms with Crippen molar-refractivity contribution in [2.75, 3.05) is 13.2 Å². The van der Waals surface area contributed by atoms with Gasteiger partial charge in [0.1, 0.15) is 0 Å². The van der Waals surface area contributed by atoms with Gasteiger partial charge in [0.05, 0.1) is 12.1 Å². The Labute approximate surface area is 126 Å². The molecule has 0 saturated heterocycles. The summed E-state index contributed by atoms with van der Waals surface area (Å²) in [5.41, 5.74) is 2.37. The van der Waals surface area contributed by atoms with Crippen LogP contribution in [-0.2, 0) is 6.54 Å². The van der Waals surface area contributed by atoms with Crippen molar-refractivity contribution >= 4 is 10.9 Å². The molecule has 21 heavy (non-hydrogen) atoms. The van der Waals surface area contributed by atoms with Crippen LogP contribution in [-0.4, -0.2) is 34.2 Å². The maximum absolute atomic E-state index is 9.40. The number of hydrogen-bond acceptors (Lipinski definition) is 3. The normalized spacial score (nSPS) is 16.7. The first-order chi connectivity index (χ1) is 10.4. The number of aliphatic hydroxyl groups is 1. The highest BCUT2D eigenvalue weighted by atomic mass is 16.3. The SMILES string of the molecule is OCCN(Cc1cccc2cccnc12)C1CCCCC1. The summed E-state index contributed by atoms with van der Waals surface area (Å²) in [5, 5.41) is 10.6. The number of rotatable bonds is 5. The molecule has 0 atom stereocenters. The van der Waals surface area contributed by atoms with Crippen molar-refractivity contribution in [3.05, 3.63) is 42.1 Å². The van der Waals surface area contributed by atoms with Gasteiger partial charge in [0.25, 0.3) is 0 Å². The zero-order valence-corrected chi connectivity index (χ0v) is 12.5. The molecule has 3 nitrogen and oxygen atoms in total. The standard InChI is InChI=1S/C18H24N2O/c21-13-12-20(17-9-2-1-3-10-17)14-16-7-4-6-15-8-5-11-19-18(15)16/h4-8,11,17,21H,1-3,9-10,12-14H2. The number of benzene rings is 1. The van der Waals surface area contributed by atoms with Crippen LogP contribution in [0.4, 0.5) is 0 Å². The van der Waals surface area contributed by atoms with Crippen LogP contribution in [0, 0.1) is 0 Å². The molecule has 1 heterocycles. The third kappa shape index (κ3) is 3.42. The van der Waals surface area contributed by atoms with Crippen molar-refractivity contribution in [1.29, 1.82) is 0 Å². The minimum absolute atomic E-state index is 0.231. The van der Waals surface area contributed by atoms with Gasteiger partial charge in [0.15, 0.2) is 0 Å². The molecule has 1 aliphatic rings. The summed E-state index contributed by atoms with van der Waals surface area (Å²) in [4.78, 5) is 7.00. The van der Waals surface area contributed by atoms with Crippen LogP contribution in [0.15, 0.2) is 36.5 Å². The molecule has 1 saturated carbocycles. The Morgan fingerprint density at radius 1 is 1.10 bits per heavy atom. The largest absolute Gasteiger partial charge is 0.395 e. The molecule has 3 heteroatoms. The molecule has 112 valence electrons. The number of para-hydroxylation sites is 1. The lowest BCUT2D eigenvalue weighted by molar-refractivity contribution is 0.117. The van der Waals surface area contributed by atoms with E-state index >= 15 is 0 Å². The van der Waals surface area contributed by atoms with E-state index in [9.17, 15) is 5.11 Å². The highest BCUT2D eigenvalue weighted by Crippen LogP contribution is 2.25. The van der Waals surface area contributed by atoms with Crippen molar-refractivity contribution in [3.8, 4) is 0 Å². The minimum Gasteiger partial charge on any atom is -0.395 e. The molecule has 1 N–H and O–H groups in total. The predicted octanol–water partition coefficient (Wildman–Crippen LogP) is 3.36. The molecule has 0 aliphatic heterocycles. The fourth-order valence-electron chi connectivity index (χ4n) is 3.48. The Morgan fingerprint density at radius 2 is 1.90 bits per heavy atom. The molecule has 2 aromatic rings. The monoisotopic (exact) mass is 284 g/mol. The quantitative estimate of drug-likeness (QED) is 0.914. The molecule has 1 aliphatic carbocycles. The highest BCUT2D eigenvalue weighted by molar-refractivity contribution is 5.81. The highest BCUT2D eigenvalue weighted by Gasteiger charge is 2.21. The van der Waals surface area contributed by atoms with Crippen molar-refractivity contribution in [3.63, 3.8) is 0 Å². The first-order valence-corrected chi connectivity index (χ1v) is 8.06. The lowest BCUT2D eigenvalue weighted by Gasteiger charge is -2.34. The molecule has 0 unspecified atom stereocenters. The van der Waals surface area contributed by atoms with E-state index in [1.54, 1.807) is 0 Å². The van der Waals surface area contributed by atoms with Crippen molar-refractivity contribution in [2.24, 2.45) is 0 Å². The summed E-state index contributed by atoms with van der Waals surface area (Å²) >= 11 is 0. The van der Waals surface area contributed by atoms with Gasteiger partial charge in [-0.3, -0.25) is 9.88 Å². The topological polar surface area (TPSA) is 36.4 Å². The van der Waals surface area contributed by atoms with Gasteiger partial charge in [-0.15, -0.1) is 0 Å². The van der Waals surface area contributed by atoms with Crippen LogP contribution < -0.4 is 0 Å². The van der Waals surface area contributed by atoms with Gasteiger partial charge in [0, 0.05) is 30.7 Å². The number of pyridine rings is 1. The zero-order chi connectivity index (χ0) is 14.5. The summed E-state index contributed by atoms with van der Waals surface area (Å²) in [7, 11) is 0. The van der Waals surface area contributed by atoms with E-state index in [4.69, 9.17) is 0 Å². The molecule has 0 amide bonds. The zero-order valence-electron chi connectivity index (χ0n) is 12.5. The molecule has 1 aromatic heterocycles. The Hall–Kier alpha value is -1.45. The number of fused-ring (bicyclic) bond motifs is 1. The molecule has 0 bridgehead atoms. The summed E-state index contributed by atoms with van der Waals surface area (Å²) in [6.07, 6.45) is 8.39. The van der Waals surface area contributed by atoms with E-state index in [1.807, 2.05) is 12.3 Å². The number of aromatic nitrogens is 1. The number of hydrogen-bond donors (Lipinski definition) is 1. The second kappa shape index (κ2) is 7.01.